The molecule has 3 aromatic carbocycles. The number of carbonyl (C=O) groups is 2. The molecule has 2 aliphatic heterocycles. The van der Waals surface area contributed by atoms with Crippen molar-refractivity contribution in [3.63, 3.8) is 0 Å². The SMILES string of the molecule is CC(C)COc1ccc(/C(O)=C2\C(=O)C(=O)N(CCCN3CCOCC3)C2c2ccc(OCc3ccccc3)cc2)cc1. The van der Waals surface area contributed by atoms with Crippen LogP contribution in [0.4, 0.5) is 0 Å². The lowest BCUT2D eigenvalue weighted by molar-refractivity contribution is -0.140. The number of amides is 1. The summed E-state index contributed by atoms with van der Waals surface area (Å²) < 4.78 is 17.2. The molecule has 43 heavy (non-hydrogen) atoms. The second-order valence-electron chi connectivity index (χ2n) is 11.4. The van der Waals surface area contributed by atoms with Crippen LogP contribution >= 0.6 is 0 Å². The molecule has 0 bridgehead atoms. The highest BCUT2D eigenvalue weighted by Crippen LogP contribution is 2.40. The number of hydrogen-bond acceptors (Lipinski definition) is 7. The molecule has 2 aliphatic rings. The third kappa shape index (κ3) is 7.63. The van der Waals surface area contributed by atoms with Crippen LogP contribution in [0.5, 0.6) is 11.5 Å². The first-order valence-corrected chi connectivity index (χ1v) is 15.0. The summed E-state index contributed by atoms with van der Waals surface area (Å²) >= 11 is 0. The van der Waals surface area contributed by atoms with Gasteiger partial charge in [-0.1, -0.05) is 56.3 Å². The fourth-order valence-corrected chi connectivity index (χ4v) is 5.36. The Morgan fingerprint density at radius 2 is 1.53 bits per heavy atom. The van der Waals surface area contributed by atoms with Gasteiger partial charge < -0.3 is 24.2 Å². The fraction of sp³-hybridized carbons (Fsp3) is 0.371. The first kappa shape index (κ1) is 30.3. The number of morpholine rings is 1. The summed E-state index contributed by atoms with van der Waals surface area (Å²) in [5.74, 6) is 0.250. The van der Waals surface area contributed by atoms with Crippen molar-refractivity contribution < 1.29 is 28.9 Å². The molecule has 226 valence electrons. The number of likely N-dealkylation sites (tertiary alicyclic amines) is 1. The minimum absolute atomic E-state index is 0.0881. The van der Waals surface area contributed by atoms with Gasteiger partial charge in [0.05, 0.1) is 31.4 Å². The number of Topliss-reactive ketones (excluding diaryl/α,β-unsaturated/α-hetero) is 1. The van der Waals surface area contributed by atoms with E-state index in [-0.39, 0.29) is 11.3 Å². The molecular formula is C35H40N2O6. The van der Waals surface area contributed by atoms with Crippen LogP contribution in [-0.4, -0.2) is 72.6 Å². The third-order valence-electron chi connectivity index (χ3n) is 7.67. The zero-order valence-corrected chi connectivity index (χ0v) is 24.9. The van der Waals surface area contributed by atoms with E-state index in [1.54, 1.807) is 29.2 Å². The van der Waals surface area contributed by atoms with E-state index in [4.69, 9.17) is 14.2 Å². The lowest BCUT2D eigenvalue weighted by atomic mass is 9.95. The Morgan fingerprint density at radius 1 is 0.884 bits per heavy atom. The molecule has 0 aromatic heterocycles. The minimum atomic E-state index is -0.718. The second-order valence-corrected chi connectivity index (χ2v) is 11.4. The van der Waals surface area contributed by atoms with Crippen LogP contribution < -0.4 is 9.47 Å². The van der Waals surface area contributed by atoms with Crippen LogP contribution in [0, 0.1) is 5.92 Å². The summed E-state index contributed by atoms with van der Waals surface area (Å²) in [5, 5.41) is 11.5. The van der Waals surface area contributed by atoms with Gasteiger partial charge in [-0.25, -0.2) is 0 Å². The first-order chi connectivity index (χ1) is 20.9. The zero-order valence-electron chi connectivity index (χ0n) is 24.9. The van der Waals surface area contributed by atoms with Gasteiger partial charge in [-0.3, -0.25) is 14.5 Å². The van der Waals surface area contributed by atoms with Crippen LogP contribution in [0.2, 0.25) is 0 Å². The Balaban J connectivity index is 1.40. The normalized spacial score (nSPS) is 18.8. The van der Waals surface area contributed by atoms with Crippen LogP contribution in [0.15, 0.2) is 84.4 Å². The van der Waals surface area contributed by atoms with E-state index < -0.39 is 17.7 Å². The molecule has 2 fully saturated rings. The molecule has 2 saturated heterocycles. The maximum Gasteiger partial charge on any atom is 0.295 e. The maximum absolute atomic E-state index is 13.5. The monoisotopic (exact) mass is 584 g/mol. The molecule has 0 saturated carbocycles. The topological polar surface area (TPSA) is 88.5 Å². The molecule has 0 spiro atoms. The van der Waals surface area contributed by atoms with Crippen molar-refractivity contribution in [2.75, 3.05) is 46.0 Å². The fourth-order valence-electron chi connectivity index (χ4n) is 5.36. The summed E-state index contributed by atoms with van der Waals surface area (Å²) in [5.41, 5.74) is 2.33. The van der Waals surface area contributed by atoms with Crippen molar-refractivity contribution >= 4 is 17.4 Å². The minimum Gasteiger partial charge on any atom is -0.507 e. The lowest BCUT2D eigenvalue weighted by Gasteiger charge is -2.29. The van der Waals surface area contributed by atoms with Crippen molar-refractivity contribution in [2.45, 2.75) is 32.9 Å². The number of aliphatic hydroxyl groups is 1. The number of aliphatic hydroxyl groups excluding tert-OH is 1. The van der Waals surface area contributed by atoms with E-state index >= 15 is 0 Å². The summed E-state index contributed by atoms with van der Waals surface area (Å²) in [4.78, 5) is 30.8. The molecule has 0 radical (unpaired) electrons. The number of nitrogens with zero attached hydrogens (tertiary/aromatic N) is 2. The third-order valence-corrected chi connectivity index (χ3v) is 7.67. The highest BCUT2D eigenvalue weighted by Gasteiger charge is 2.45. The number of rotatable bonds is 12. The summed E-state index contributed by atoms with van der Waals surface area (Å²) in [6.07, 6.45) is 0.698. The van der Waals surface area contributed by atoms with Crippen LogP contribution in [-0.2, 0) is 20.9 Å². The second kappa shape index (κ2) is 14.4. The Bertz CT molecular complexity index is 1400. The number of hydrogen-bond donors (Lipinski definition) is 1. The quantitative estimate of drug-likeness (QED) is 0.172. The van der Waals surface area contributed by atoms with E-state index in [0.29, 0.717) is 62.4 Å². The van der Waals surface area contributed by atoms with E-state index in [2.05, 4.69) is 18.7 Å². The Labute approximate surface area is 253 Å². The number of ketones is 1. The largest absolute Gasteiger partial charge is 0.507 e. The summed E-state index contributed by atoms with van der Waals surface area (Å²) in [6.45, 7) is 9.43. The molecule has 5 rings (SSSR count). The van der Waals surface area contributed by atoms with Gasteiger partial charge in [0.25, 0.3) is 11.7 Å². The predicted octanol–water partition coefficient (Wildman–Crippen LogP) is 5.44. The van der Waals surface area contributed by atoms with Gasteiger partial charge >= 0.3 is 0 Å². The van der Waals surface area contributed by atoms with Crippen LogP contribution in [0.1, 0.15) is 43.0 Å². The number of ether oxygens (including phenoxy) is 3. The van der Waals surface area contributed by atoms with E-state index in [9.17, 15) is 14.7 Å². The maximum atomic E-state index is 13.5. The summed E-state index contributed by atoms with van der Waals surface area (Å²) in [6, 6.07) is 23.6. The van der Waals surface area contributed by atoms with Crippen molar-refractivity contribution in [3.8, 4) is 11.5 Å². The van der Waals surface area contributed by atoms with E-state index in [1.165, 1.54) is 0 Å². The Kier molecular flexibility index (Phi) is 10.1. The Morgan fingerprint density at radius 3 is 2.21 bits per heavy atom. The molecule has 2 heterocycles. The van der Waals surface area contributed by atoms with Crippen LogP contribution in [0.3, 0.4) is 0 Å². The van der Waals surface area contributed by atoms with Gasteiger partial charge in [-0.05, 0) is 59.9 Å². The van der Waals surface area contributed by atoms with E-state index in [1.807, 2.05) is 54.6 Å². The summed E-state index contributed by atoms with van der Waals surface area (Å²) in [7, 11) is 0. The van der Waals surface area contributed by atoms with Crippen LogP contribution in [0.25, 0.3) is 5.76 Å². The lowest BCUT2D eigenvalue weighted by Crippen LogP contribution is -2.38. The van der Waals surface area contributed by atoms with Gasteiger partial charge in [0.2, 0.25) is 0 Å². The smallest absolute Gasteiger partial charge is 0.295 e. The number of carbonyl (C=O) groups excluding carboxylic acids is 2. The molecule has 8 heteroatoms. The van der Waals surface area contributed by atoms with Gasteiger partial charge in [-0.15, -0.1) is 0 Å². The molecule has 3 aromatic rings. The highest BCUT2D eigenvalue weighted by atomic mass is 16.5. The van der Waals surface area contributed by atoms with Crippen molar-refractivity contribution in [2.24, 2.45) is 5.92 Å². The molecule has 1 unspecified atom stereocenters. The molecule has 0 aliphatic carbocycles. The molecule has 1 atom stereocenters. The zero-order chi connectivity index (χ0) is 30.2. The van der Waals surface area contributed by atoms with E-state index in [0.717, 1.165) is 30.8 Å². The van der Waals surface area contributed by atoms with Crippen molar-refractivity contribution in [3.05, 3.63) is 101 Å². The molecule has 1 amide bonds. The average molecular weight is 585 g/mol. The standard InChI is InChI=1S/C35H40N2O6/c1-25(2)23-42-29-15-11-28(12-16-29)33(38)31-32(27-9-13-30(14-10-27)43-24-26-7-4-3-5-8-26)37(35(40)34(31)39)18-6-17-36-19-21-41-22-20-36/h3-5,7-16,25,32,38H,6,17-24H2,1-2H3/b33-31+. The van der Waals surface area contributed by atoms with Crippen molar-refractivity contribution in [1.82, 2.24) is 9.80 Å². The van der Waals surface area contributed by atoms with Gasteiger partial charge in [0, 0.05) is 31.7 Å². The van der Waals surface area contributed by atoms with Gasteiger partial charge in [0.15, 0.2) is 0 Å². The van der Waals surface area contributed by atoms with Gasteiger partial charge in [-0.2, -0.15) is 0 Å². The predicted molar refractivity (Wildman–Crippen MR) is 165 cm³/mol. The number of benzene rings is 3. The van der Waals surface area contributed by atoms with Gasteiger partial charge in [0.1, 0.15) is 23.9 Å². The molecular weight excluding hydrogens is 544 g/mol. The Hall–Kier alpha value is -4.14. The average Bonchev–Trinajstić information content (AvgIpc) is 3.29. The molecule has 1 N–H and O–H groups in total. The first-order valence-electron chi connectivity index (χ1n) is 15.0. The highest BCUT2D eigenvalue weighted by molar-refractivity contribution is 6.46. The molecule has 8 nitrogen and oxygen atoms in total. The van der Waals surface area contributed by atoms with Crippen molar-refractivity contribution in [1.29, 1.82) is 0 Å².